The summed E-state index contributed by atoms with van der Waals surface area (Å²) in [5.74, 6) is -2.53. The molecule has 0 bridgehead atoms. The Balaban J connectivity index is 1.83. The number of nitrogens with two attached hydrogens (primary N) is 1. The summed E-state index contributed by atoms with van der Waals surface area (Å²) in [5, 5.41) is 7.84. The topological polar surface area (TPSA) is 205 Å². The molecule has 2 unspecified atom stereocenters. The number of likely N-dealkylation sites (N-methyl/N-ethyl adjacent to an activating group) is 1. The first-order chi connectivity index (χ1) is 22.8. The number of nitrogens with zero attached hydrogens (tertiary/aromatic N) is 2. The second-order valence-electron chi connectivity index (χ2n) is 14.2. The van der Waals surface area contributed by atoms with Crippen molar-refractivity contribution in [2.45, 2.75) is 95.8 Å². The summed E-state index contributed by atoms with van der Waals surface area (Å²) in [6, 6.07) is 1.76. The Kier molecular flexibility index (Phi) is 12.6. The molecule has 1 aromatic carbocycles. The number of hydrogen-bond acceptors (Lipinski definition) is 8. The van der Waals surface area contributed by atoms with Crippen LogP contribution in [0.4, 0.5) is 4.79 Å². The van der Waals surface area contributed by atoms with Crippen molar-refractivity contribution in [2.24, 2.45) is 28.9 Å². The maximum atomic E-state index is 14.2. The molecule has 2 aliphatic rings. The molecule has 5 atom stereocenters. The molecule has 1 saturated heterocycles. The van der Waals surface area contributed by atoms with Gasteiger partial charge in [-0.1, -0.05) is 65.7 Å². The first-order valence-electron chi connectivity index (χ1n) is 16.3. The van der Waals surface area contributed by atoms with Crippen molar-refractivity contribution >= 4 is 45.5 Å². The number of terminal acetylenes is 1. The van der Waals surface area contributed by atoms with Gasteiger partial charge in [-0.15, -0.1) is 12.3 Å². The molecule has 5 N–H and O–H groups in total. The van der Waals surface area contributed by atoms with E-state index in [1.54, 1.807) is 40.7 Å². The quantitative estimate of drug-likeness (QED) is 0.163. The van der Waals surface area contributed by atoms with Gasteiger partial charge in [-0.05, 0) is 42.2 Å². The fourth-order valence-electron chi connectivity index (χ4n) is 5.88. The minimum absolute atomic E-state index is 0.0959. The van der Waals surface area contributed by atoms with Crippen LogP contribution in [0.15, 0.2) is 35.2 Å². The average molecular weight is 701 g/mol. The molecule has 3 rings (SSSR count). The molecule has 1 heterocycles. The van der Waals surface area contributed by atoms with Gasteiger partial charge in [-0.2, -0.15) is 0 Å². The largest absolute Gasteiger partial charge is 0.363 e. The smallest absolute Gasteiger partial charge is 0.316 e. The third-order valence-corrected chi connectivity index (χ3v) is 10.7. The van der Waals surface area contributed by atoms with E-state index >= 15 is 0 Å². The van der Waals surface area contributed by atoms with Gasteiger partial charge in [0.2, 0.25) is 17.6 Å². The molecule has 14 nitrogen and oxygen atoms in total. The van der Waals surface area contributed by atoms with Crippen molar-refractivity contribution in [1.82, 2.24) is 25.2 Å². The fraction of sp³-hybridized carbons (Fsp3) is 0.588. The normalized spacial score (nSPS) is 19.6. The van der Waals surface area contributed by atoms with E-state index in [9.17, 15) is 37.2 Å². The predicted octanol–water partition coefficient (Wildman–Crippen LogP) is 1.15. The Morgan fingerprint density at radius 3 is 2.14 bits per heavy atom. The standard InChI is InChI=1S/C34H48N6O8S/c1-8-12-22-17-18-40(26(22)30(43)36-24(19-21-15-16-21)27(41)29(35)42)32(45)28(34(4,5)6)38-33(46)37-25(20(2)3)31(44)39(7)49(47,48)23-13-10-9-11-14-23/h1,9-11,13-14,20-22,24-26,28H,12,15-19H2,2-7H3,(H2,35,42)(H,36,43)(H2,37,38,46)/t22-,24?,25-,26-,28?/m0/s1. The number of carbonyl (C=O) groups is 6. The lowest BCUT2D eigenvalue weighted by molar-refractivity contribution is -0.144. The molecule has 0 aromatic heterocycles. The second kappa shape index (κ2) is 15.8. The van der Waals surface area contributed by atoms with Crippen molar-refractivity contribution in [1.29, 1.82) is 0 Å². The molecule has 1 aromatic rings. The van der Waals surface area contributed by atoms with Gasteiger partial charge in [0.05, 0.1) is 10.9 Å². The van der Waals surface area contributed by atoms with Crippen molar-refractivity contribution < 1.29 is 37.2 Å². The monoisotopic (exact) mass is 700 g/mol. The first-order valence-corrected chi connectivity index (χ1v) is 17.8. The lowest BCUT2D eigenvalue weighted by Gasteiger charge is -2.37. The number of primary amides is 1. The Hall–Kier alpha value is -4.45. The molecule has 1 saturated carbocycles. The van der Waals surface area contributed by atoms with Crippen molar-refractivity contribution in [2.75, 3.05) is 13.6 Å². The van der Waals surface area contributed by atoms with Crippen LogP contribution in [0, 0.1) is 35.5 Å². The summed E-state index contributed by atoms with van der Waals surface area (Å²) in [5.41, 5.74) is 4.35. The lowest BCUT2D eigenvalue weighted by Crippen LogP contribution is -2.62. The van der Waals surface area contributed by atoms with Crippen LogP contribution in [0.2, 0.25) is 0 Å². The van der Waals surface area contributed by atoms with E-state index in [1.165, 1.54) is 29.2 Å². The van der Waals surface area contributed by atoms with Crippen LogP contribution in [0.3, 0.4) is 0 Å². The lowest BCUT2D eigenvalue weighted by atomic mass is 9.85. The van der Waals surface area contributed by atoms with E-state index in [0.717, 1.165) is 19.9 Å². The summed E-state index contributed by atoms with van der Waals surface area (Å²) in [4.78, 5) is 80.4. The maximum Gasteiger partial charge on any atom is 0.316 e. The zero-order valence-corrected chi connectivity index (χ0v) is 29.7. The van der Waals surface area contributed by atoms with E-state index in [-0.39, 0.29) is 30.2 Å². The summed E-state index contributed by atoms with van der Waals surface area (Å²) in [7, 11) is -3.11. The van der Waals surface area contributed by atoms with Gasteiger partial charge in [-0.25, -0.2) is 17.5 Å². The molecule has 6 amide bonds. The van der Waals surface area contributed by atoms with Crippen LogP contribution < -0.4 is 21.7 Å². The molecule has 49 heavy (non-hydrogen) atoms. The summed E-state index contributed by atoms with van der Waals surface area (Å²) >= 11 is 0. The van der Waals surface area contributed by atoms with Gasteiger partial charge in [0.15, 0.2) is 0 Å². The molecular weight excluding hydrogens is 652 g/mol. The minimum atomic E-state index is -4.22. The third-order valence-electron chi connectivity index (χ3n) is 8.92. The van der Waals surface area contributed by atoms with Crippen molar-refractivity contribution in [3.8, 4) is 12.3 Å². The van der Waals surface area contributed by atoms with Crippen molar-refractivity contribution in [3.05, 3.63) is 30.3 Å². The van der Waals surface area contributed by atoms with Crippen LogP contribution in [0.25, 0.3) is 0 Å². The number of carbonyl (C=O) groups excluding carboxylic acids is 6. The Labute approximate surface area is 288 Å². The van der Waals surface area contributed by atoms with Crippen LogP contribution in [-0.4, -0.2) is 90.8 Å². The highest BCUT2D eigenvalue weighted by Crippen LogP contribution is 2.35. The van der Waals surface area contributed by atoms with E-state index in [4.69, 9.17) is 12.2 Å². The number of sulfonamides is 1. The number of Topliss-reactive ketones (excluding diaryl/α,β-unsaturated/α-hetero) is 1. The number of rotatable bonds is 14. The maximum absolute atomic E-state index is 14.2. The van der Waals surface area contributed by atoms with Gasteiger partial charge in [-0.3, -0.25) is 24.0 Å². The molecule has 2 fully saturated rings. The van der Waals surface area contributed by atoms with Crippen LogP contribution in [0.5, 0.6) is 0 Å². The summed E-state index contributed by atoms with van der Waals surface area (Å²) < 4.78 is 26.8. The molecular formula is C34H48N6O8S. The van der Waals surface area contributed by atoms with Crippen LogP contribution in [0.1, 0.15) is 66.7 Å². The number of nitrogens with one attached hydrogen (secondary N) is 3. The van der Waals surface area contributed by atoms with Gasteiger partial charge < -0.3 is 26.6 Å². The second-order valence-corrected chi connectivity index (χ2v) is 16.1. The Morgan fingerprint density at radius 2 is 1.63 bits per heavy atom. The van der Waals surface area contributed by atoms with Gasteiger partial charge in [0.1, 0.15) is 18.1 Å². The Morgan fingerprint density at radius 1 is 1.02 bits per heavy atom. The van der Waals surface area contributed by atoms with Crippen LogP contribution >= 0.6 is 0 Å². The fourth-order valence-corrected chi connectivity index (χ4v) is 7.05. The highest BCUT2D eigenvalue weighted by atomic mass is 32.2. The molecule has 0 radical (unpaired) electrons. The molecule has 15 heteroatoms. The summed E-state index contributed by atoms with van der Waals surface area (Å²) in [6.07, 6.45) is 8.09. The van der Waals surface area contributed by atoms with Crippen LogP contribution in [-0.2, 0) is 34.0 Å². The molecule has 1 aliphatic carbocycles. The zero-order chi connectivity index (χ0) is 36.8. The van der Waals surface area contributed by atoms with E-state index in [1.807, 2.05) is 0 Å². The number of urea groups is 1. The molecule has 1 aliphatic heterocycles. The van der Waals surface area contributed by atoms with E-state index < -0.39 is 86.9 Å². The average Bonchev–Trinajstić information content (AvgIpc) is 3.76. The third kappa shape index (κ3) is 9.59. The SMILES string of the molecule is C#CC[C@H]1CCN(C(=O)C(NC(=O)N[C@H](C(=O)N(C)S(=O)(=O)c2ccccc2)C(C)C)C(C)(C)C)[C@@H]1C(=O)NC(CC1CC1)C(=O)C(N)=O. The van der Waals surface area contributed by atoms with Gasteiger partial charge in [0, 0.05) is 25.9 Å². The minimum Gasteiger partial charge on any atom is -0.363 e. The van der Waals surface area contributed by atoms with E-state index in [0.29, 0.717) is 10.7 Å². The van der Waals surface area contributed by atoms with Crippen molar-refractivity contribution in [3.63, 3.8) is 0 Å². The highest BCUT2D eigenvalue weighted by Gasteiger charge is 2.47. The highest BCUT2D eigenvalue weighted by molar-refractivity contribution is 7.89. The van der Waals surface area contributed by atoms with Gasteiger partial charge >= 0.3 is 6.03 Å². The number of likely N-dealkylation sites (tertiary alicyclic amines) is 1. The number of benzene rings is 1. The molecule has 0 spiro atoms. The zero-order valence-electron chi connectivity index (χ0n) is 28.9. The number of ketones is 1. The van der Waals surface area contributed by atoms with Gasteiger partial charge in [0.25, 0.3) is 21.8 Å². The number of amides is 6. The molecule has 268 valence electrons. The van der Waals surface area contributed by atoms with E-state index in [2.05, 4.69) is 21.9 Å². The first kappa shape index (κ1) is 39.0. The summed E-state index contributed by atoms with van der Waals surface area (Å²) in [6.45, 7) is 8.53. The number of hydrogen-bond donors (Lipinski definition) is 4. The predicted molar refractivity (Wildman–Crippen MR) is 180 cm³/mol. The Bertz CT molecular complexity index is 1580.